The van der Waals surface area contributed by atoms with Gasteiger partial charge in [-0.1, -0.05) is 45.1 Å². The van der Waals surface area contributed by atoms with Crippen molar-refractivity contribution in [3.05, 3.63) is 34.8 Å². The molecular formula is C18H24N4O2S. The van der Waals surface area contributed by atoms with Crippen LogP contribution in [0.5, 0.6) is 0 Å². The van der Waals surface area contributed by atoms with E-state index in [2.05, 4.69) is 34.7 Å². The third-order valence-corrected chi connectivity index (χ3v) is 4.91. The Labute approximate surface area is 152 Å². The molecule has 0 aliphatic rings. The summed E-state index contributed by atoms with van der Waals surface area (Å²) in [5.74, 6) is -0.107. The minimum absolute atomic E-state index is 0.0866. The van der Waals surface area contributed by atoms with Gasteiger partial charge in [-0.3, -0.25) is 14.9 Å². The average molecular weight is 360 g/mol. The number of benzene rings is 1. The lowest BCUT2D eigenvalue weighted by Crippen LogP contribution is -2.18. The van der Waals surface area contributed by atoms with E-state index in [0.29, 0.717) is 22.3 Å². The molecule has 1 aromatic carbocycles. The van der Waals surface area contributed by atoms with E-state index in [1.807, 2.05) is 13.8 Å². The zero-order valence-electron chi connectivity index (χ0n) is 15.0. The maximum absolute atomic E-state index is 12.4. The average Bonchev–Trinajstić information content (AvgIpc) is 3.04. The fourth-order valence-corrected chi connectivity index (χ4v) is 3.29. The highest BCUT2D eigenvalue weighted by atomic mass is 32.1. The second kappa shape index (κ2) is 8.71. The fourth-order valence-electron chi connectivity index (χ4n) is 2.28. The lowest BCUT2D eigenvalue weighted by molar-refractivity contribution is -0.118. The molecular weight excluding hydrogens is 336 g/mol. The van der Waals surface area contributed by atoms with Crippen LogP contribution in [-0.4, -0.2) is 22.0 Å². The maximum atomic E-state index is 12.4. The molecule has 7 heteroatoms. The van der Waals surface area contributed by atoms with E-state index in [9.17, 15) is 9.59 Å². The Morgan fingerprint density at radius 1 is 1.12 bits per heavy atom. The molecule has 0 spiro atoms. The van der Waals surface area contributed by atoms with Crippen molar-refractivity contribution in [3.63, 3.8) is 0 Å². The Balaban J connectivity index is 2.07. The number of carbonyl (C=O) groups is 2. The molecule has 2 rings (SSSR count). The first-order chi connectivity index (χ1) is 11.9. The molecule has 0 atom stereocenters. The van der Waals surface area contributed by atoms with Crippen molar-refractivity contribution in [3.8, 4) is 0 Å². The van der Waals surface area contributed by atoms with E-state index < -0.39 is 0 Å². The summed E-state index contributed by atoms with van der Waals surface area (Å²) in [4.78, 5) is 24.2. The standard InChI is InChI=1S/C18H24N4O2S/c1-5-12(6-2)17-21-22-18(25-17)20-16(24)13-8-7-9-14(10-13)19-15(23)11(3)4/h7-12H,5-6H2,1-4H3,(H,19,23)(H,20,22,24). The van der Waals surface area contributed by atoms with Gasteiger partial charge in [-0.05, 0) is 31.0 Å². The van der Waals surface area contributed by atoms with Crippen LogP contribution < -0.4 is 10.6 Å². The fraction of sp³-hybridized carbons (Fsp3) is 0.444. The molecule has 1 aromatic heterocycles. The molecule has 1 heterocycles. The molecule has 0 aliphatic carbocycles. The van der Waals surface area contributed by atoms with Crippen molar-refractivity contribution in [1.82, 2.24) is 10.2 Å². The summed E-state index contributed by atoms with van der Waals surface area (Å²) < 4.78 is 0. The van der Waals surface area contributed by atoms with Gasteiger partial charge >= 0.3 is 0 Å². The minimum Gasteiger partial charge on any atom is -0.326 e. The Morgan fingerprint density at radius 2 is 1.84 bits per heavy atom. The van der Waals surface area contributed by atoms with Crippen molar-refractivity contribution in [2.75, 3.05) is 10.6 Å². The number of carbonyl (C=O) groups excluding carboxylic acids is 2. The van der Waals surface area contributed by atoms with Crippen molar-refractivity contribution in [2.45, 2.75) is 46.5 Å². The Bertz CT molecular complexity index is 738. The SMILES string of the molecule is CCC(CC)c1nnc(NC(=O)c2cccc(NC(=O)C(C)C)c2)s1. The Hall–Kier alpha value is -2.28. The van der Waals surface area contributed by atoms with Gasteiger partial charge in [0.05, 0.1) is 0 Å². The van der Waals surface area contributed by atoms with Crippen LogP contribution in [0, 0.1) is 5.92 Å². The van der Waals surface area contributed by atoms with Crippen LogP contribution >= 0.6 is 11.3 Å². The second-order valence-corrected chi connectivity index (χ2v) is 7.15. The number of hydrogen-bond donors (Lipinski definition) is 2. The molecule has 0 bridgehead atoms. The minimum atomic E-state index is -0.270. The number of nitrogens with one attached hydrogen (secondary N) is 2. The van der Waals surface area contributed by atoms with E-state index in [0.717, 1.165) is 17.8 Å². The van der Waals surface area contributed by atoms with E-state index in [4.69, 9.17) is 0 Å². The number of rotatable bonds is 7. The number of hydrogen-bond acceptors (Lipinski definition) is 5. The van der Waals surface area contributed by atoms with Gasteiger partial charge < -0.3 is 5.32 Å². The molecule has 2 amide bonds. The lowest BCUT2D eigenvalue weighted by Gasteiger charge is -2.09. The Morgan fingerprint density at radius 3 is 2.48 bits per heavy atom. The summed E-state index contributed by atoms with van der Waals surface area (Å²) in [7, 11) is 0. The predicted octanol–water partition coefficient (Wildman–Crippen LogP) is 4.29. The number of amides is 2. The summed E-state index contributed by atoms with van der Waals surface area (Å²) in [5, 5.41) is 15.2. The van der Waals surface area contributed by atoms with E-state index >= 15 is 0 Å². The monoisotopic (exact) mass is 360 g/mol. The first kappa shape index (κ1) is 19.1. The molecule has 0 saturated carbocycles. The molecule has 0 aliphatic heterocycles. The molecule has 134 valence electrons. The quantitative estimate of drug-likeness (QED) is 0.771. The second-order valence-electron chi connectivity index (χ2n) is 6.14. The summed E-state index contributed by atoms with van der Waals surface area (Å²) >= 11 is 1.41. The highest BCUT2D eigenvalue weighted by molar-refractivity contribution is 7.15. The molecule has 0 unspecified atom stereocenters. The summed E-state index contributed by atoms with van der Waals surface area (Å²) in [6.07, 6.45) is 1.99. The zero-order chi connectivity index (χ0) is 18.4. The lowest BCUT2D eigenvalue weighted by atomic mass is 10.1. The van der Waals surface area contributed by atoms with Gasteiger partial charge in [0.2, 0.25) is 11.0 Å². The number of aromatic nitrogens is 2. The maximum Gasteiger partial charge on any atom is 0.257 e. The molecule has 0 saturated heterocycles. The van der Waals surface area contributed by atoms with Crippen LogP contribution in [0.4, 0.5) is 10.8 Å². The van der Waals surface area contributed by atoms with E-state index in [1.54, 1.807) is 24.3 Å². The molecule has 0 fully saturated rings. The van der Waals surface area contributed by atoms with Crippen molar-refractivity contribution >= 4 is 34.0 Å². The first-order valence-corrected chi connectivity index (χ1v) is 9.31. The first-order valence-electron chi connectivity index (χ1n) is 8.50. The van der Waals surface area contributed by atoms with E-state index in [-0.39, 0.29) is 17.7 Å². The molecule has 2 aromatic rings. The van der Waals surface area contributed by atoms with Crippen LogP contribution in [-0.2, 0) is 4.79 Å². The molecule has 2 N–H and O–H groups in total. The van der Waals surface area contributed by atoms with Crippen molar-refractivity contribution < 1.29 is 9.59 Å². The van der Waals surface area contributed by atoms with Crippen LogP contribution in [0.15, 0.2) is 24.3 Å². The largest absolute Gasteiger partial charge is 0.326 e. The third kappa shape index (κ3) is 5.09. The predicted molar refractivity (Wildman–Crippen MR) is 101 cm³/mol. The highest BCUT2D eigenvalue weighted by Gasteiger charge is 2.16. The van der Waals surface area contributed by atoms with Crippen LogP contribution in [0.3, 0.4) is 0 Å². The van der Waals surface area contributed by atoms with Gasteiger partial charge in [-0.15, -0.1) is 10.2 Å². The summed E-state index contributed by atoms with van der Waals surface area (Å²) in [6, 6.07) is 6.84. The van der Waals surface area contributed by atoms with Gasteiger partial charge in [0.15, 0.2) is 0 Å². The van der Waals surface area contributed by atoms with Crippen LogP contribution in [0.2, 0.25) is 0 Å². The van der Waals surface area contributed by atoms with Gasteiger partial charge in [-0.25, -0.2) is 0 Å². The normalized spacial score (nSPS) is 11.0. The zero-order valence-corrected chi connectivity index (χ0v) is 15.8. The number of nitrogens with zero attached hydrogens (tertiary/aromatic N) is 2. The summed E-state index contributed by atoms with van der Waals surface area (Å²) in [6.45, 7) is 7.87. The summed E-state index contributed by atoms with van der Waals surface area (Å²) in [5.41, 5.74) is 1.06. The topological polar surface area (TPSA) is 84.0 Å². The smallest absolute Gasteiger partial charge is 0.257 e. The van der Waals surface area contributed by atoms with Crippen LogP contribution in [0.25, 0.3) is 0 Å². The van der Waals surface area contributed by atoms with E-state index in [1.165, 1.54) is 11.3 Å². The van der Waals surface area contributed by atoms with Gasteiger partial charge in [0, 0.05) is 23.1 Å². The van der Waals surface area contributed by atoms with Gasteiger partial charge in [0.1, 0.15) is 5.01 Å². The van der Waals surface area contributed by atoms with Crippen molar-refractivity contribution in [2.24, 2.45) is 5.92 Å². The molecule has 25 heavy (non-hydrogen) atoms. The van der Waals surface area contributed by atoms with Crippen LogP contribution in [0.1, 0.15) is 61.8 Å². The van der Waals surface area contributed by atoms with Gasteiger partial charge in [-0.2, -0.15) is 0 Å². The Kier molecular flexibility index (Phi) is 6.64. The van der Waals surface area contributed by atoms with Crippen molar-refractivity contribution in [1.29, 1.82) is 0 Å². The molecule has 6 nitrogen and oxygen atoms in total. The third-order valence-electron chi connectivity index (χ3n) is 3.91. The molecule has 0 radical (unpaired) electrons. The van der Waals surface area contributed by atoms with Gasteiger partial charge in [0.25, 0.3) is 5.91 Å². The number of anilines is 2. The highest BCUT2D eigenvalue weighted by Crippen LogP contribution is 2.28.